The van der Waals surface area contributed by atoms with E-state index in [1.165, 1.54) is 12.1 Å². The van der Waals surface area contributed by atoms with E-state index in [1.807, 2.05) is 31.2 Å². The summed E-state index contributed by atoms with van der Waals surface area (Å²) in [5, 5.41) is 8.80. The van der Waals surface area contributed by atoms with Crippen molar-refractivity contribution in [2.75, 3.05) is 6.61 Å². The minimum absolute atomic E-state index is 0.255. The first-order chi connectivity index (χ1) is 9.69. The van der Waals surface area contributed by atoms with Crippen molar-refractivity contribution in [1.29, 1.82) is 0 Å². The van der Waals surface area contributed by atoms with Crippen molar-refractivity contribution in [1.82, 2.24) is 0 Å². The summed E-state index contributed by atoms with van der Waals surface area (Å²) in [6, 6.07) is 14.0. The van der Waals surface area contributed by atoms with Gasteiger partial charge in [0.25, 0.3) is 0 Å². The largest absolute Gasteiger partial charge is 0.494 e. The molecule has 2 rings (SSSR count). The molecule has 0 atom stereocenters. The fraction of sp³-hybridized carbons (Fsp3) is 0.125. The van der Waals surface area contributed by atoms with E-state index in [2.05, 4.69) is 4.99 Å². The number of hydrogen-bond donors (Lipinski definition) is 1. The van der Waals surface area contributed by atoms with Gasteiger partial charge in [0.05, 0.1) is 17.9 Å². The van der Waals surface area contributed by atoms with Crippen molar-refractivity contribution in [3.8, 4) is 5.75 Å². The fourth-order valence-electron chi connectivity index (χ4n) is 1.66. The van der Waals surface area contributed by atoms with E-state index in [4.69, 9.17) is 9.84 Å². The molecule has 0 saturated heterocycles. The van der Waals surface area contributed by atoms with Crippen LogP contribution in [-0.4, -0.2) is 23.9 Å². The summed E-state index contributed by atoms with van der Waals surface area (Å²) in [7, 11) is 0. The highest BCUT2D eigenvalue weighted by Crippen LogP contribution is 2.15. The molecule has 0 amide bonds. The highest BCUT2D eigenvalue weighted by Gasteiger charge is 2.00. The van der Waals surface area contributed by atoms with Gasteiger partial charge in [0.15, 0.2) is 0 Å². The van der Waals surface area contributed by atoms with Crippen LogP contribution in [0.15, 0.2) is 53.5 Å². The summed E-state index contributed by atoms with van der Waals surface area (Å²) in [5.74, 6) is -0.109. The Bertz CT molecular complexity index is 601. The molecule has 0 aromatic heterocycles. The van der Waals surface area contributed by atoms with E-state index in [0.29, 0.717) is 12.3 Å². The highest BCUT2D eigenvalue weighted by atomic mass is 16.5. The zero-order chi connectivity index (χ0) is 14.4. The Labute approximate surface area is 117 Å². The van der Waals surface area contributed by atoms with Gasteiger partial charge in [0, 0.05) is 6.21 Å². The Morgan fingerprint density at radius 1 is 1.15 bits per heavy atom. The van der Waals surface area contributed by atoms with Gasteiger partial charge in [0.2, 0.25) is 0 Å². The Kier molecular flexibility index (Phi) is 4.50. The van der Waals surface area contributed by atoms with Crippen molar-refractivity contribution in [2.45, 2.75) is 6.92 Å². The summed E-state index contributed by atoms with van der Waals surface area (Å²) in [6.45, 7) is 2.58. The molecule has 0 aliphatic carbocycles. The van der Waals surface area contributed by atoms with Crippen molar-refractivity contribution >= 4 is 17.9 Å². The standard InChI is InChI=1S/C16H15NO3/c1-2-20-15-9-3-12(4-10-15)11-17-14-7-5-13(6-8-14)16(18)19/h3-11H,2H2,1H3,(H,18,19). The lowest BCUT2D eigenvalue weighted by Crippen LogP contribution is -1.94. The van der Waals surface area contributed by atoms with Crippen LogP contribution in [0.25, 0.3) is 0 Å². The van der Waals surface area contributed by atoms with Gasteiger partial charge >= 0.3 is 5.97 Å². The van der Waals surface area contributed by atoms with Gasteiger partial charge in [-0.1, -0.05) is 0 Å². The third-order valence-corrected chi connectivity index (χ3v) is 2.67. The van der Waals surface area contributed by atoms with Crippen molar-refractivity contribution in [2.24, 2.45) is 4.99 Å². The normalized spacial score (nSPS) is 10.7. The number of carboxylic acids is 1. The quantitative estimate of drug-likeness (QED) is 0.845. The number of ether oxygens (including phenoxy) is 1. The molecule has 2 aromatic rings. The summed E-state index contributed by atoms with van der Waals surface area (Å²) in [6.07, 6.45) is 1.73. The Morgan fingerprint density at radius 3 is 2.35 bits per heavy atom. The number of carboxylic acid groups (broad SMARTS) is 1. The summed E-state index contributed by atoms with van der Waals surface area (Å²) >= 11 is 0. The van der Waals surface area contributed by atoms with Crippen molar-refractivity contribution in [3.05, 3.63) is 59.7 Å². The smallest absolute Gasteiger partial charge is 0.335 e. The van der Waals surface area contributed by atoms with Crippen LogP contribution in [0.4, 0.5) is 5.69 Å². The molecule has 0 spiro atoms. The number of hydrogen-bond acceptors (Lipinski definition) is 3. The summed E-state index contributed by atoms with van der Waals surface area (Å²) in [4.78, 5) is 15.0. The molecule has 0 aliphatic heterocycles. The van der Waals surface area contributed by atoms with Crippen LogP contribution in [0.1, 0.15) is 22.8 Å². The van der Waals surface area contributed by atoms with Gasteiger partial charge in [-0.05, 0) is 61.0 Å². The second-order valence-corrected chi connectivity index (χ2v) is 4.11. The number of nitrogens with zero attached hydrogens (tertiary/aromatic N) is 1. The lowest BCUT2D eigenvalue weighted by atomic mass is 10.2. The molecule has 20 heavy (non-hydrogen) atoms. The summed E-state index contributed by atoms with van der Waals surface area (Å²) < 4.78 is 5.36. The average molecular weight is 269 g/mol. The minimum Gasteiger partial charge on any atom is -0.494 e. The first kappa shape index (κ1) is 13.8. The molecule has 4 nitrogen and oxygen atoms in total. The van der Waals surface area contributed by atoms with Gasteiger partial charge in [-0.2, -0.15) is 0 Å². The van der Waals surface area contributed by atoms with E-state index in [9.17, 15) is 4.79 Å². The zero-order valence-corrected chi connectivity index (χ0v) is 11.1. The lowest BCUT2D eigenvalue weighted by Gasteiger charge is -2.02. The molecule has 0 aliphatic rings. The van der Waals surface area contributed by atoms with E-state index in [0.717, 1.165) is 11.3 Å². The second kappa shape index (κ2) is 6.52. The zero-order valence-electron chi connectivity index (χ0n) is 11.1. The van der Waals surface area contributed by atoms with Crippen LogP contribution in [0.5, 0.6) is 5.75 Å². The Morgan fingerprint density at radius 2 is 1.80 bits per heavy atom. The lowest BCUT2D eigenvalue weighted by molar-refractivity contribution is 0.0697. The number of rotatable bonds is 5. The second-order valence-electron chi connectivity index (χ2n) is 4.11. The van der Waals surface area contributed by atoms with Gasteiger partial charge in [-0.25, -0.2) is 4.79 Å². The first-order valence-electron chi connectivity index (χ1n) is 6.29. The number of benzene rings is 2. The van der Waals surface area contributed by atoms with Crippen LogP contribution >= 0.6 is 0 Å². The molecule has 0 fully saturated rings. The molecule has 0 heterocycles. The fourth-order valence-corrected chi connectivity index (χ4v) is 1.66. The van der Waals surface area contributed by atoms with Gasteiger partial charge in [-0.15, -0.1) is 0 Å². The van der Waals surface area contributed by atoms with Crippen LogP contribution < -0.4 is 4.74 Å². The van der Waals surface area contributed by atoms with E-state index in [-0.39, 0.29) is 5.56 Å². The molecular formula is C16H15NO3. The van der Waals surface area contributed by atoms with Crippen LogP contribution in [0, 0.1) is 0 Å². The van der Waals surface area contributed by atoms with Gasteiger partial charge in [0.1, 0.15) is 5.75 Å². The SMILES string of the molecule is CCOc1ccc(C=Nc2ccc(C(=O)O)cc2)cc1. The first-order valence-corrected chi connectivity index (χ1v) is 6.29. The van der Waals surface area contributed by atoms with Crippen LogP contribution in [-0.2, 0) is 0 Å². The number of carbonyl (C=O) groups is 1. The molecule has 4 heteroatoms. The molecule has 2 aromatic carbocycles. The highest BCUT2D eigenvalue weighted by molar-refractivity contribution is 5.88. The molecular weight excluding hydrogens is 254 g/mol. The number of aliphatic imine (C=N–C) groups is 1. The molecule has 1 N–H and O–H groups in total. The van der Waals surface area contributed by atoms with Gasteiger partial charge in [-0.3, -0.25) is 4.99 Å². The average Bonchev–Trinajstić information content (AvgIpc) is 2.47. The number of aromatic carboxylic acids is 1. The predicted octanol–water partition coefficient (Wildman–Crippen LogP) is 3.53. The molecule has 102 valence electrons. The topological polar surface area (TPSA) is 58.9 Å². The van der Waals surface area contributed by atoms with Crippen molar-refractivity contribution in [3.63, 3.8) is 0 Å². The molecule has 0 unspecified atom stereocenters. The maximum Gasteiger partial charge on any atom is 0.335 e. The monoisotopic (exact) mass is 269 g/mol. The maximum atomic E-state index is 10.7. The van der Waals surface area contributed by atoms with E-state index >= 15 is 0 Å². The predicted molar refractivity (Wildman–Crippen MR) is 78.3 cm³/mol. The van der Waals surface area contributed by atoms with Crippen LogP contribution in [0.2, 0.25) is 0 Å². The summed E-state index contributed by atoms with van der Waals surface area (Å²) in [5.41, 5.74) is 1.92. The third-order valence-electron chi connectivity index (χ3n) is 2.67. The van der Waals surface area contributed by atoms with E-state index < -0.39 is 5.97 Å². The van der Waals surface area contributed by atoms with E-state index in [1.54, 1.807) is 18.3 Å². The Hall–Kier alpha value is -2.62. The minimum atomic E-state index is -0.938. The van der Waals surface area contributed by atoms with Gasteiger partial charge < -0.3 is 9.84 Å². The third kappa shape index (κ3) is 3.68. The Balaban J connectivity index is 2.06. The molecule has 0 bridgehead atoms. The molecule has 0 radical (unpaired) electrons. The van der Waals surface area contributed by atoms with Crippen molar-refractivity contribution < 1.29 is 14.6 Å². The maximum absolute atomic E-state index is 10.7. The van der Waals surface area contributed by atoms with Crippen LogP contribution in [0.3, 0.4) is 0 Å². The molecule has 0 saturated carbocycles.